The lowest BCUT2D eigenvalue weighted by atomic mass is 9.89. The highest BCUT2D eigenvalue weighted by Crippen LogP contribution is 2.35. The second kappa shape index (κ2) is 10.4. The van der Waals surface area contributed by atoms with Crippen molar-refractivity contribution in [3.05, 3.63) is 46.1 Å². The Morgan fingerprint density at radius 2 is 1.56 bits per heavy atom. The van der Waals surface area contributed by atoms with Crippen molar-refractivity contribution in [1.29, 1.82) is 0 Å². The first kappa shape index (κ1) is 23.3. The van der Waals surface area contributed by atoms with Crippen LogP contribution < -0.4 is 5.32 Å². The van der Waals surface area contributed by atoms with Crippen LogP contribution in [0.3, 0.4) is 0 Å². The van der Waals surface area contributed by atoms with E-state index in [0.29, 0.717) is 35.2 Å². The van der Waals surface area contributed by atoms with Crippen LogP contribution >= 0.6 is 11.6 Å². The van der Waals surface area contributed by atoms with Crippen LogP contribution in [0, 0.1) is 30.4 Å². The van der Waals surface area contributed by atoms with Gasteiger partial charge < -0.3 is 9.88 Å². The van der Waals surface area contributed by atoms with E-state index in [1.54, 1.807) is 6.07 Å². The summed E-state index contributed by atoms with van der Waals surface area (Å²) in [6.45, 7) is 3.38. The normalized spacial score (nSPS) is 18.1. The van der Waals surface area contributed by atoms with Gasteiger partial charge in [-0.05, 0) is 62.6 Å². The van der Waals surface area contributed by atoms with Crippen LogP contribution in [0.1, 0.15) is 80.3 Å². The smallest absolute Gasteiger partial charge is 0.253 e. The van der Waals surface area contributed by atoms with E-state index in [1.807, 2.05) is 6.92 Å². The highest BCUT2D eigenvalue weighted by Gasteiger charge is 2.24. The van der Waals surface area contributed by atoms with Gasteiger partial charge in [-0.2, -0.15) is 0 Å². The Bertz CT molecular complexity index is 959. The molecule has 1 amide bonds. The van der Waals surface area contributed by atoms with Crippen LogP contribution in [-0.4, -0.2) is 17.0 Å². The molecular formula is C26H33ClF2N2O. The van der Waals surface area contributed by atoms with Crippen molar-refractivity contribution < 1.29 is 13.6 Å². The standard InChI is InChI=1S/C26H33ClF2N2O/c1-17-20(26(32)30-15-18-8-4-2-5-9-18)13-25(21-12-23(28)24(29)14-22(21)27)31(17)16-19-10-6-3-7-11-19/h12-14,18-19H,2-11,15-16H2,1H3,(H,30,32). The number of halogens is 3. The molecule has 2 aliphatic carbocycles. The maximum Gasteiger partial charge on any atom is 0.253 e. The van der Waals surface area contributed by atoms with Gasteiger partial charge in [0.2, 0.25) is 0 Å². The number of amides is 1. The van der Waals surface area contributed by atoms with E-state index in [1.165, 1.54) is 38.5 Å². The summed E-state index contributed by atoms with van der Waals surface area (Å²) in [5.41, 5.74) is 2.55. The topological polar surface area (TPSA) is 34.0 Å². The van der Waals surface area contributed by atoms with Crippen molar-refractivity contribution in [3.8, 4) is 11.3 Å². The minimum absolute atomic E-state index is 0.101. The molecule has 3 nitrogen and oxygen atoms in total. The monoisotopic (exact) mass is 462 g/mol. The van der Waals surface area contributed by atoms with E-state index < -0.39 is 11.6 Å². The fourth-order valence-electron chi connectivity index (χ4n) is 5.40. The molecule has 174 valence electrons. The first-order valence-corrected chi connectivity index (χ1v) is 12.4. The molecule has 32 heavy (non-hydrogen) atoms. The van der Waals surface area contributed by atoms with Crippen LogP contribution in [0.2, 0.25) is 5.02 Å². The largest absolute Gasteiger partial charge is 0.352 e. The Labute approximate surface area is 194 Å². The minimum atomic E-state index is -0.966. The molecule has 2 aliphatic rings. The average Bonchev–Trinajstić information content (AvgIpc) is 3.12. The third kappa shape index (κ3) is 5.19. The summed E-state index contributed by atoms with van der Waals surface area (Å²) in [6.07, 6.45) is 12.0. The van der Waals surface area contributed by atoms with E-state index >= 15 is 0 Å². The predicted octanol–water partition coefficient (Wildman–Crippen LogP) is 7.29. The van der Waals surface area contributed by atoms with E-state index in [9.17, 15) is 13.6 Å². The van der Waals surface area contributed by atoms with E-state index in [4.69, 9.17) is 11.6 Å². The molecule has 1 heterocycles. The van der Waals surface area contributed by atoms with E-state index in [2.05, 4.69) is 9.88 Å². The van der Waals surface area contributed by atoms with Crippen molar-refractivity contribution in [1.82, 2.24) is 9.88 Å². The summed E-state index contributed by atoms with van der Waals surface area (Å²) in [5, 5.41) is 3.27. The number of carbonyl (C=O) groups excluding carboxylic acids is 1. The molecule has 1 aromatic heterocycles. The number of aromatic nitrogens is 1. The zero-order valence-corrected chi connectivity index (χ0v) is 19.6. The zero-order valence-electron chi connectivity index (χ0n) is 18.9. The van der Waals surface area contributed by atoms with Crippen LogP contribution in [0.4, 0.5) is 8.78 Å². The molecule has 0 bridgehead atoms. The molecule has 2 fully saturated rings. The van der Waals surface area contributed by atoms with Gasteiger partial charge in [-0.3, -0.25) is 4.79 Å². The van der Waals surface area contributed by atoms with Crippen molar-refractivity contribution in [2.45, 2.75) is 77.7 Å². The Balaban J connectivity index is 1.64. The summed E-state index contributed by atoms with van der Waals surface area (Å²) < 4.78 is 29.9. The predicted molar refractivity (Wildman–Crippen MR) is 125 cm³/mol. The van der Waals surface area contributed by atoms with Crippen molar-refractivity contribution >= 4 is 17.5 Å². The summed E-state index contributed by atoms with van der Waals surface area (Å²) in [7, 11) is 0. The first-order valence-electron chi connectivity index (χ1n) is 12.1. The maximum atomic E-state index is 14.1. The van der Waals surface area contributed by atoms with Crippen LogP contribution in [0.5, 0.6) is 0 Å². The van der Waals surface area contributed by atoms with Gasteiger partial charge in [-0.25, -0.2) is 8.78 Å². The number of nitrogens with one attached hydrogen (secondary N) is 1. The Kier molecular flexibility index (Phi) is 7.55. The van der Waals surface area contributed by atoms with Gasteiger partial charge in [0, 0.05) is 24.3 Å². The van der Waals surface area contributed by atoms with Gasteiger partial charge in [0.25, 0.3) is 5.91 Å². The second-order valence-electron chi connectivity index (χ2n) is 9.60. The number of hydrogen-bond donors (Lipinski definition) is 1. The van der Waals surface area contributed by atoms with Crippen LogP contribution in [-0.2, 0) is 6.54 Å². The Morgan fingerprint density at radius 1 is 0.969 bits per heavy atom. The maximum absolute atomic E-state index is 14.1. The number of carbonyl (C=O) groups is 1. The molecule has 6 heteroatoms. The molecular weight excluding hydrogens is 430 g/mol. The molecule has 0 radical (unpaired) electrons. The molecule has 0 spiro atoms. The molecule has 1 N–H and O–H groups in total. The molecule has 1 aromatic carbocycles. The van der Waals surface area contributed by atoms with Gasteiger partial charge >= 0.3 is 0 Å². The summed E-state index contributed by atoms with van der Waals surface area (Å²) in [4.78, 5) is 13.1. The quantitative estimate of drug-likeness (QED) is 0.449. The lowest BCUT2D eigenvalue weighted by Gasteiger charge is -2.24. The number of nitrogens with zero attached hydrogens (tertiary/aromatic N) is 1. The fourth-order valence-corrected chi connectivity index (χ4v) is 5.65. The third-order valence-corrected chi connectivity index (χ3v) is 7.65. The van der Waals surface area contributed by atoms with Crippen LogP contribution in [0.15, 0.2) is 18.2 Å². The lowest BCUT2D eigenvalue weighted by molar-refractivity contribution is 0.0942. The molecule has 0 unspecified atom stereocenters. The number of benzene rings is 1. The van der Waals surface area contributed by atoms with Gasteiger partial charge in [-0.15, -0.1) is 0 Å². The lowest BCUT2D eigenvalue weighted by Crippen LogP contribution is -2.30. The molecule has 4 rings (SSSR count). The number of hydrogen-bond acceptors (Lipinski definition) is 1. The van der Waals surface area contributed by atoms with Crippen molar-refractivity contribution in [3.63, 3.8) is 0 Å². The van der Waals surface area contributed by atoms with Gasteiger partial charge in [0.1, 0.15) is 0 Å². The van der Waals surface area contributed by atoms with Gasteiger partial charge in [0.15, 0.2) is 11.6 Å². The van der Waals surface area contributed by atoms with Gasteiger partial charge in [-0.1, -0.05) is 50.1 Å². The van der Waals surface area contributed by atoms with E-state index in [0.717, 1.165) is 50.1 Å². The number of rotatable bonds is 6. The molecule has 2 aromatic rings. The van der Waals surface area contributed by atoms with E-state index in [-0.39, 0.29) is 10.9 Å². The summed E-state index contributed by atoms with van der Waals surface area (Å²) in [5.74, 6) is -0.953. The molecule has 0 atom stereocenters. The Hall–Kier alpha value is -1.88. The first-order chi connectivity index (χ1) is 15.4. The highest BCUT2D eigenvalue weighted by atomic mass is 35.5. The highest BCUT2D eigenvalue weighted by molar-refractivity contribution is 6.33. The Morgan fingerprint density at radius 3 is 2.22 bits per heavy atom. The van der Waals surface area contributed by atoms with Gasteiger partial charge in [0.05, 0.1) is 16.3 Å². The third-order valence-electron chi connectivity index (χ3n) is 7.34. The van der Waals surface area contributed by atoms with Crippen molar-refractivity contribution in [2.75, 3.05) is 6.54 Å². The molecule has 0 saturated heterocycles. The zero-order chi connectivity index (χ0) is 22.7. The van der Waals surface area contributed by atoms with Crippen molar-refractivity contribution in [2.24, 2.45) is 11.8 Å². The molecule has 0 aliphatic heterocycles. The summed E-state index contributed by atoms with van der Waals surface area (Å²) in [6, 6.07) is 3.96. The average molecular weight is 463 g/mol. The van der Waals surface area contributed by atoms with Crippen LogP contribution in [0.25, 0.3) is 11.3 Å². The SMILES string of the molecule is Cc1c(C(=O)NCC2CCCCC2)cc(-c2cc(F)c(F)cc2Cl)n1CC1CCCCC1. The summed E-state index contributed by atoms with van der Waals surface area (Å²) >= 11 is 6.33. The fraction of sp³-hybridized carbons (Fsp3) is 0.577. The second-order valence-corrected chi connectivity index (χ2v) is 10.0. The minimum Gasteiger partial charge on any atom is -0.352 e. The molecule has 2 saturated carbocycles.